The first-order chi connectivity index (χ1) is 13.1. The van der Waals surface area contributed by atoms with Crippen LogP contribution in [0.5, 0.6) is 5.75 Å². The average Bonchev–Trinajstić information content (AvgIpc) is 3.10. The number of hydrogen-bond donors (Lipinski definition) is 3. The molecule has 0 aromatic heterocycles. The number of benzene rings is 1. The highest BCUT2D eigenvalue weighted by Crippen LogP contribution is 2.32. The van der Waals surface area contributed by atoms with E-state index in [1.807, 2.05) is 26.0 Å². The highest BCUT2D eigenvalue weighted by Gasteiger charge is 2.34. The summed E-state index contributed by atoms with van der Waals surface area (Å²) in [6, 6.07) is 8.26. The Hall–Kier alpha value is -1.06. The van der Waals surface area contributed by atoms with Crippen LogP contribution >= 0.6 is 24.0 Å². The van der Waals surface area contributed by atoms with Crippen LogP contribution in [0.1, 0.15) is 39.2 Å². The van der Waals surface area contributed by atoms with Crippen molar-refractivity contribution in [2.24, 2.45) is 10.4 Å². The van der Waals surface area contributed by atoms with Gasteiger partial charge in [0.1, 0.15) is 5.75 Å². The summed E-state index contributed by atoms with van der Waals surface area (Å²) in [5.41, 5.74) is 1.24. The van der Waals surface area contributed by atoms with Gasteiger partial charge in [0.05, 0.1) is 19.3 Å². The highest BCUT2D eigenvalue weighted by molar-refractivity contribution is 14.0. The second-order valence-corrected chi connectivity index (χ2v) is 7.46. The van der Waals surface area contributed by atoms with Gasteiger partial charge in [0.15, 0.2) is 5.96 Å². The van der Waals surface area contributed by atoms with E-state index in [9.17, 15) is 5.11 Å². The van der Waals surface area contributed by atoms with Crippen molar-refractivity contribution in [2.45, 2.75) is 46.1 Å². The SMILES string of the molecule is CCNC(=NCC1(CCO)CCOC1)NCCc1ccc(OC(C)C)cc1.I. The highest BCUT2D eigenvalue weighted by atomic mass is 127. The number of aliphatic hydroxyl groups is 1. The molecule has 1 atom stereocenters. The van der Waals surface area contributed by atoms with E-state index < -0.39 is 0 Å². The molecule has 0 spiro atoms. The lowest BCUT2D eigenvalue weighted by Gasteiger charge is -2.24. The minimum absolute atomic E-state index is 0. The Morgan fingerprint density at radius 1 is 1.29 bits per heavy atom. The van der Waals surface area contributed by atoms with Crippen LogP contribution in [0.4, 0.5) is 0 Å². The second kappa shape index (κ2) is 13.2. The van der Waals surface area contributed by atoms with Crippen molar-refractivity contribution in [1.29, 1.82) is 0 Å². The number of aliphatic hydroxyl groups excluding tert-OH is 1. The molecule has 1 fully saturated rings. The van der Waals surface area contributed by atoms with Crippen LogP contribution in [0.25, 0.3) is 0 Å². The normalized spacial score (nSPS) is 19.4. The third-order valence-corrected chi connectivity index (χ3v) is 4.75. The van der Waals surface area contributed by atoms with E-state index in [0.717, 1.165) is 50.7 Å². The van der Waals surface area contributed by atoms with Crippen molar-refractivity contribution in [1.82, 2.24) is 10.6 Å². The van der Waals surface area contributed by atoms with Gasteiger partial charge in [-0.15, -0.1) is 24.0 Å². The first kappa shape index (κ1) is 25.0. The molecule has 2 rings (SSSR count). The van der Waals surface area contributed by atoms with Crippen molar-refractivity contribution >= 4 is 29.9 Å². The summed E-state index contributed by atoms with van der Waals surface area (Å²) in [6.07, 6.45) is 2.80. The zero-order chi connectivity index (χ0) is 19.5. The van der Waals surface area contributed by atoms with Crippen LogP contribution in [0.15, 0.2) is 29.3 Å². The van der Waals surface area contributed by atoms with Crippen LogP contribution in [0.2, 0.25) is 0 Å². The van der Waals surface area contributed by atoms with Gasteiger partial charge in [-0.2, -0.15) is 0 Å². The number of halogens is 1. The van der Waals surface area contributed by atoms with Gasteiger partial charge in [0.2, 0.25) is 0 Å². The molecule has 1 unspecified atom stereocenters. The monoisotopic (exact) mass is 505 g/mol. The molecule has 28 heavy (non-hydrogen) atoms. The van der Waals surface area contributed by atoms with Crippen molar-refractivity contribution in [3.8, 4) is 5.75 Å². The molecule has 1 aromatic rings. The molecule has 0 amide bonds. The maximum Gasteiger partial charge on any atom is 0.191 e. The minimum Gasteiger partial charge on any atom is -0.491 e. The van der Waals surface area contributed by atoms with Crippen LogP contribution < -0.4 is 15.4 Å². The van der Waals surface area contributed by atoms with Crippen molar-refractivity contribution in [2.75, 3.05) is 39.5 Å². The molecular formula is C21H36IN3O3. The fourth-order valence-corrected chi connectivity index (χ4v) is 3.21. The van der Waals surface area contributed by atoms with Crippen molar-refractivity contribution in [3.05, 3.63) is 29.8 Å². The van der Waals surface area contributed by atoms with Crippen LogP contribution in [0.3, 0.4) is 0 Å². The summed E-state index contributed by atoms with van der Waals surface area (Å²) in [5, 5.41) is 16.1. The Balaban J connectivity index is 0.00000392. The molecule has 0 aliphatic carbocycles. The summed E-state index contributed by atoms with van der Waals surface area (Å²) in [4.78, 5) is 4.75. The quantitative estimate of drug-likeness (QED) is 0.259. The van der Waals surface area contributed by atoms with Gasteiger partial charge >= 0.3 is 0 Å². The lowest BCUT2D eigenvalue weighted by Crippen LogP contribution is -2.39. The zero-order valence-electron chi connectivity index (χ0n) is 17.4. The minimum atomic E-state index is -0.0245. The molecular weight excluding hydrogens is 469 g/mol. The molecule has 6 nitrogen and oxygen atoms in total. The van der Waals surface area contributed by atoms with Crippen molar-refractivity contribution in [3.63, 3.8) is 0 Å². The molecule has 7 heteroatoms. The third kappa shape index (κ3) is 8.53. The Kier molecular flexibility index (Phi) is 11.8. The van der Waals surface area contributed by atoms with E-state index in [2.05, 4.69) is 29.7 Å². The van der Waals surface area contributed by atoms with Gasteiger partial charge in [-0.1, -0.05) is 12.1 Å². The summed E-state index contributed by atoms with van der Waals surface area (Å²) >= 11 is 0. The summed E-state index contributed by atoms with van der Waals surface area (Å²) in [7, 11) is 0. The van der Waals surface area contributed by atoms with Gasteiger partial charge in [-0.25, -0.2) is 0 Å². The van der Waals surface area contributed by atoms with Gasteiger partial charge in [-0.05, 0) is 57.7 Å². The Bertz CT molecular complexity index is 573. The fraction of sp³-hybridized carbons (Fsp3) is 0.667. The largest absolute Gasteiger partial charge is 0.491 e. The summed E-state index contributed by atoms with van der Waals surface area (Å²) in [6.45, 7) is 10.0. The Morgan fingerprint density at radius 2 is 2.04 bits per heavy atom. The number of aliphatic imine (C=N–C) groups is 1. The predicted octanol–water partition coefficient (Wildman–Crippen LogP) is 2.98. The van der Waals surface area contributed by atoms with E-state index in [1.165, 1.54) is 5.56 Å². The zero-order valence-corrected chi connectivity index (χ0v) is 19.7. The molecule has 1 aliphatic heterocycles. The maximum atomic E-state index is 9.35. The van der Waals surface area contributed by atoms with E-state index in [1.54, 1.807) is 0 Å². The van der Waals surface area contributed by atoms with Crippen LogP contribution in [-0.2, 0) is 11.2 Å². The molecule has 1 aliphatic rings. The molecule has 1 aromatic carbocycles. The van der Waals surface area contributed by atoms with E-state index in [-0.39, 0.29) is 42.1 Å². The first-order valence-electron chi connectivity index (χ1n) is 10.0. The van der Waals surface area contributed by atoms with Gasteiger partial charge < -0.3 is 25.2 Å². The maximum absolute atomic E-state index is 9.35. The lowest BCUT2D eigenvalue weighted by molar-refractivity contribution is 0.131. The molecule has 0 saturated carbocycles. The second-order valence-electron chi connectivity index (χ2n) is 7.46. The van der Waals surface area contributed by atoms with Crippen LogP contribution in [0, 0.1) is 5.41 Å². The van der Waals surface area contributed by atoms with Crippen molar-refractivity contribution < 1.29 is 14.6 Å². The van der Waals surface area contributed by atoms with Gasteiger partial charge in [0, 0.05) is 31.7 Å². The number of guanidine groups is 1. The Labute approximate surface area is 186 Å². The summed E-state index contributed by atoms with van der Waals surface area (Å²) < 4.78 is 11.2. The standard InChI is InChI=1S/C21H35N3O3.HI/c1-4-22-20(24-15-21(10-13-25)11-14-26-16-21)23-12-9-18-5-7-19(8-6-18)27-17(2)3;/h5-8,17,25H,4,9-16H2,1-3H3,(H2,22,23,24);1H. The Morgan fingerprint density at radius 3 is 2.61 bits per heavy atom. The van der Waals surface area contributed by atoms with Gasteiger partial charge in [-0.3, -0.25) is 4.99 Å². The smallest absolute Gasteiger partial charge is 0.191 e. The fourth-order valence-electron chi connectivity index (χ4n) is 3.21. The predicted molar refractivity (Wildman–Crippen MR) is 125 cm³/mol. The van der Waals surface area contributed by atoms with Gasteiger partial charge in [0.25, 0.3) is 0 Å². The third-order valence-electron chi connectivity index (χ3n) is 4.75. The average molecular weight is 505 g/mol. The molecule has 3 N–H and O–H groups in total. The van der Waals surface area contributed by atoms with E-state index >= 15 is 0 Å². The topological polar surface area (TPSA) is 75.1 Å². The molecule has 1 saturated heterocycles. The molecule has 1 heterocycles. The number of rotatable bonds is 10. The number of hydrogen-bond acceptors (Lipinski definition) is 4. The first-order valence-corrected chi connectivity index (χ1v) is 10.0. The lowest BCUT2D eigenvalue weighted by atomic mass is 9.84. The molecule has 0 bridgehead atoms. The van der Waals surface area contributed by atoms with E-state index in [0.29, 0.717) is 13.2 Å². The molecule has 0 radical (unpaired) electrons. The summed E-state index contributed by atoms with van der Waals surface area (Å²) in [5.74, 6) is 1.73. The van der Waals surface area contributed by atoms with Crippen LogP contribution in [-0.4, -0.2) is 56.6 Å². The molecule has 160 valence electrons. The number of nitrogens with zero attached hydrogens (tertiary/aromatic N) is 1. The number of nitrogens with one attached hydrogen (secondary N) is 2. The number of ether oxygens (including phenoxy) is 2. The van der Waals surface area contributed by atoms with E-state index in [4.69, 9.17) is 14.5 Å².